The topological polar surface area (TPSA) is 17.1 Å². The van der Waals surface area contributed by atoms with Gasteiger partial charge in [0.2, 0.25) is 0 Å². The Morgan fingerprint density at radius 3 is 1.50 bits per heavy atom. The first kappa shape index (κ1) is 15.8. The summed E-state index contributed by atoms with van der Waals surface area (Å²) in [6.07, 6.45) is 0. The van der Waals surface area contributed by atoms with Crippen molar-refractivity contribution >= 4 is 71.7 Å². The summed E-state index contributed by atoms with van der Waals surface area (Å²) in [6, 6.07) is 0. The minimum Gasteiger partial charge on any atom is 2.00 e. The van der Waals surface area contributed by atoms with Gasteiger partial charge in [-0.05, 0) is 0 Å². The molecule has 0 aliphatic heterocycles. The second-order valence-corrected chi connectivity index (χ2v) is 0. The summed E-state index contributed by atoms with van der Waals surface area (Å²) in [5, 5.41) is 0. The normalized spacial score (nSPS) is 0.750. The zero-order chi connectivity index (χ0) is 2.00. The quantitative estimate of drug-likeness (QED) is 0.446. The largest absolute Gasteiger partial charge is 2.00 e. The van der Waals surface area contributed by atoms with Crippen molar-refractivity contribution in [3.63, 3.8) is 0 Å². The van der Waals surface area contributed by atoms with Crippen LogP contribution >= 0.6 is 0 Å². The summed E-state index contributed by atoms with van der Waals surface area (Å²) in [4.78, 5) is 0. The van der Waals surface area contributed by atoms with Crippen molar-refractivity contribution < 1.29 is 27.1 Å². The first-order chi connectivity index (χ1) is 1.00. The van der Waals surface area contributed by atoms with Gasteiger partial charge >= 0.3 is 96.0 Å². The molecule has 0 rings (SSSR count). The Morgan fingerprint density at radius 2 is 1.50 bits per heavy atom. The van der Waals surface area contributed by atoms with Crippen LogP contribution in [-0.2, 0) is 24.3 Å². The molecule has 0 radical (unpaired) electrons. The molecule has 23 valence electrons. The molecule has 0 heterocycles. The van der Waals surface area contributed by atoms with Gasteiger partial charge in [-0.3, -0.25) is 0 Å². The van der Waals surface area contributed by atoms with Crippen LogP contribution in [0.3, 0.4) is 0 Å². The molecule has 0 aromatic rings. The van der Waals surface area contributed by atoms with E-state index in [2.05, 4.69) is 0 Å². The van der Waals surface area contributed by atoms with Crippen LogP contribution in [0.2, 0.25) is 0 Å². The molecule has 0 aliphatic carbocycles. The van der Waals surface area contributed by atoms with E-state index in [0.717, 1.165) is 0 Å². The Morgan fingerprint density at radius 1 is 1.50 bits per heavy atom. The van der Waals surface area contributed by atoms with Crippen LogP contribution in [0.1, 0.15) is 2.85 Å². The zero-order valence-electron chi connectivity index (χ0n) is 4.27. The van der Waals surface area contributed by atoms with Crippen molar-refractivity contribution in [2.45, 2.75) is 0 Å². The van der Waals surface area contributed by atoms with E-state index in [1.165, 1.54) is 0 Å². The molecule has 0 bridgehead atoms. The summed E-state index contributed by atoms with van der Waals surface area (Å²) < 4.78 is 8.30. The van der Waals surface area contributed by atoms with Crippen molar-refractivity contribution in [3.05, 3.63) is 0 Å². The van der Waals surface area contributed by atoms with Crippen LogP contribution in [-0.4, -0.2) is 71.7 Å². The third-order valence-electron chi connectivity index (χ3n) is 0. The Bertz CT molecular complexity index is 13.5. The molecule has 0 N–H and O–H groups in total. The molecule has 0 saturated heterocycles. The fraction of sp³-hybridized carbons (Fsp3) is 0. The second kappa shape index (κ2) is 16.8. The van der Waals surface area contributed by atoms with E-state index in [1.54, 1.807) is 0 Å². The Hall–Kier alpha value is 2.90. The van der Waals surface area contributed by atoms with Crippen LogP contribution < -0.4 is 0 Å². The number of hydrogen-bond donors (Lipinski definition) is 0. The average Bonchev–Trinajstić information content (AvgIpc) is 1.00. The van der Waals surface area contributed by atoms with Crippen LogP contribution in [0.15, 0.2) is 0 Å². The van der Waals surface area contributed by atoms with Crippen LogP contribution in [0.4, 0.5) is 0 Å². The van der Waals surface area contributed by atoms with Gasteiger partial charge in [0.15, 0.2) is 0 Å². The van der Waals surface area contributed by atoms with Crippen molar-refractivity contribution in [1.29, 1.82) is 0 Å². The Balaban J connectivity index is -0.000000000833. The predicted molar refractivity (Wildman–Crippen MR) is 18.6 cm³/mol. The van der Waals surface area contributed by atoms with Gasteiger partial charge in [0.1, 0.15) is 0 Å². The molecule has 0 spiro atoms. The maximum Gasteiger partial charge on any atom is 2.00 e. The first-order valence-corrected chi connectivity index (χ1v) is 1.08. The Labute approximate surface area is 96.5 Å². The molecule has 4 heavy (non-hydrogen) atoms. The average molecular weight is 411 g/mol. The van der Waals surface area contributed by atoms with Gasteiger partial charge in [0.25, 0.3) is 0 Å². The Kier molecular flexibility index (Phi) is 66.5. The van der Waals surface area contributed by atoms with Crippen molar-refractivity contribution in [2.75, 3.05) is 0 Å². The van der Waals surface area contributed by atoms with Gasteiger partial charge in [0, 0.05) is 0 Å². The number of hydrogen-bond acceptors (Lipinski definition) is 1. The fourth-order valence-corrected chi connectivity index (χ4v) is 0. The molecule has 4 heteroatoms. The molecule has 0 unspecified atom stereocenters. The number of rotatable bonds is 0. The molecule has 0 aromatic heterocycles. The SMILES string of the molecule is [BiH3].[H-].[H-].[O]=[Nb].[Sr+2]. The van der Waals surface area contributed by atoms with E-state index in [9.17, 15) is 0 Å². The van der Waals surface area contributed by atoms with E-state index in [1.807, 2.05) is 0 Å². The minimum absolute atomic E-state index is 0. The predicted octanol–water partition coefficient (Wildman–Crippen LogP) is -1.46. The first-order valence-electron chi connectivity index (χ1n) is 0.183. The van der Waals surface area contributed by atoms with Crippen LogP contribution in [0.25, 0.3) is 0 Å². The van der Waals surface area contributed by atoms with Gasteiger partial charge in [-0.1, -0.05) is 0 Å². The van der Waals surface area contributed by atoms with Crippen molar-refractivity contribution in [2.24, 2.45) is 0 Å². The van der Waals surface area contributed by atoms with Gasteiger partial charge < -0.3 is 2.85 Å². The standard InChI is InChI=1S/Bi.Nb.O.Sr.5H/q;;;+2;;;;2*-1. The van der Waals surface area contributed by atoms with Gasteiger partial charge in [0.05, 0.1) is 0 Å². The van der Waals surface area contributed by atoms with Crippen LogP contribution in [0, 0.1) is 0 Å². The third-order valence-corrected chi connectivity index (χ3v) is 0. The molecule has 1 nitrogen and oxygen atoms in total. The van der Waals surface area contributed by atoms with Crippen molar-refractivity contribution in [1.82, 2.24) is 0 Å². The van der Waals surface area contributed by atoms with Gasteiger partial charge in [-0.2, -0.15) is 0 Å². The maximum atomic E-state index is 8.30. The van der Waals surface area contributed by atoms with E-state index in [-0.39, 0.29) is 74.5 Å². The monoisotopic (exact) mass is 411 g/mol. The van der Waals surface area contributed by atoms with Gasteiger partial charge in [-0.25, -0.2) is 0 Å². The molecular formula is H5BiNbOSr. The molecule has 0 amide bonds. The second-order valence-electron chi connectivity index (χ2n) is 0. The van der Waals surface area contributed by atoms with Gasteiger partial charge in [-0.15, -0.1) is 0 Å². The summed E-state index contributed by atoms with van der Waals surface area (Å²) >= 11 is 0.500. The van der Waals surface area contributed by atoms with E-state index >= 15 is 0 Å². The van der Waals surface area contributed by atoms with E-state index in [4.69, 9.17) is 3.25 Å². The summed E-state index contributed by atoms with van der Waals surface area (Å²) in [5.74, 6) is 0. The summed E-state index contributed by atoms with van der Waals surface area (Å²) in [6.45, 7) is 0. The van der Waals surface area contributed by atoms with E-state index in [0.29, 0.717) is 21.0 Å². The summed E-state index contributed by atoms with van der Waals surface area (Å²) in [7, 11) is 0. The maximum absolute atomic E-state index is 8.30. The zero-order valence-corrected chi connectivity index (χ0v) is 13.4. The molecular weight excluding hydrogens is 406 g/mol. The molecule has 0 saturated carbocycles. The molecule has 0 atom stereocenters. The molecule has 0 fully saturated rings. The minimum atomic E-state index is 0. The molecule has 0 aromatic carbocycles. The van der Waals surface area contributed by atoms with Crippen LogP contribution in [0.5, 0.6) is 0 Å². The van der Waals surface area contributed by atoms with E-state index < -0.39 is 0 Å². The third kappa shape index (κ3) is 8.86. The fourth-order valence-electron chi connectivity index (χ4n) is 0. The van der Waals surface area contributed by atoms with Crippen molar-refractivity contribution in [3.8, 4) is 0 Å². The smallest absolute Gasteiger partial charge is 2.00 e. The summed E-state index contributed by atoms with van der Waals surface area (Å²) in [5.41, 5.74) is 0. The molecule has 0 aliphatic rings.